The molecule has 0 aliphatic heterocycles. The van der Waals surface area contributed by atoms with Crippen LogP contribution in [0.4, 0.5) is 0 Å². The quantitative estimate of drug-likeness (QED) is 0.699. The Morgan fingerprint density at radius 3 is 2.44 bits per heavy atom. The summed E-state index contributed by atoms with van der Waals surface area (Å²) in [5.74, 6) is 0.0891. The number of aryl methyl sites for hydroxylation is 1. The Morgan fingerprint density at radius 2 is 1.89 bits per heavy atom. The van der Waals surface area contributed by atoms with Crippen LogP contribution in [-0.2, 0) is 14.8 Å². The monoisotopic (exact) mass is 411 g/mol. The Morgan fingerprint density at radius 1 is 1.19 bits per heavy atom. The van der Waals surface area contributed by atoms with Crippen molar-refractivity contribution in [2.24, 2.45) is 0 Å². The lowest BCUT2D eigenvalue weighted by Gasteiger charge is -2.19. The summed E-state index contributed by atoms with van der Waals surface area (Å²) in [5, 5.41) is 0.0240. The first kappa shape index (κ1) is 21.2. The van der Waals surface area contributed by atoms with E-state index < -0.39 is 22.0 Å². The summed E-state index contributed by atoms with van der Waals surface area (Å²) < 4.78 is 38.3. The minimum atomic E-state index is -3.96. The molecule has 2 aromatic carbocycles. The maximum atomic E-state index is 12.9. The van der Waals surface area contributed by atoms with Gasteiger partial charge in [-0.05, 0) is 48.7 Å². The van der Waals surface area contributed by atoms with Crippen molar-refractivity contribution < 1.29 is 22.7 Å². The Hall–Kier alpha value is -2.09. The highest BCUT2D eigenvalue weighted by Crippen LogP contribution is 2.28. The molecule has 0 amide bonds. The van der Waals surface area contributed by atoms with Gasteiger partial charge in [0.2, 0.25) is 10.0 Å². The number of esters is 1. The molecule has 0 saturated carbocycles. The number of carbonyl (C=O) groups excluding carboxylic acids is 1. The number of halogens is 1. The van der Waals surface area contributed by atoms with Crippen LogP contribution in [0, 0.1) is 6.92 Å². The molecule has 0 spiro atoms. The van der Waals surface area contributed by atoms with Gasteiger partial charge in [-0.25, -0.2) is 17.9 Å². The maximum Gasteiger partial charge on any atom is 0.337 e. The highest BCUT2D eigenvalue weighted by Gasteiger charge is 2.24. The number of sulfonamides is 1. The molecule has 2 rings (SSSR count). The zero-order valence-electron chi connectivity index (χ0n) is 15.6. The third-order valence-corrected chi connectivity index (χ3v) is 6.12. The first-order valence-corrected chi connectivity index (χ1v) is 10.1. The third-order valence-electron chi connectivity index (χ3n) is 4.17. The molecule has 8 heteroatoms. The van der Waals surface area contributed by atoms with E-state index in [-0.39, 0.29) is 15.5 Å². The molecule has 6 nitrogen and oxygen atoms in total. The van der Waals surface area contributed by atoms with Crippen molar-refractivity contribution in [3.05, 3.63) is 58.1 Å². The summed E-state index contributed by atoms with van der Waals surface area (Å²) in [6, 6.07) is 9.02. The van der Waals surface area contributed by atoms with Crippen molar-refractivity contribution in [3.8, 4) is 5.75 Å². The van der Waals surface area contributed by atoms with E-state index in [2.05, 4.69) is 9.46 Å². The smallest absolute Gasteiger partial charge is 0.337 e. The highest BCUT2D eigenvalue weighted by atomic mass is 35.5. The average molecular weight is 412 g/mol. The average Bonchev–Trinajstić information content (AvgIpc) is 2.65. The zero-order valence-corrected chi connectivity index (χ0v) is 17.1. The molecular formula is C19H22ClNO5S. The fraction of sp³-hybridized carbons (Fsp3) is 0.316. The predicted octanol–water partition coefficient (Wildman–Crippen LogP) is 3.87. The van der Waals surface area contributed by atoms with E-state index in [1.54, 1.807) is 13.2 Å². The van der Waals surface area contributed by atoms with Crippen LogP contribution in [0.5, 0.6) is 5.75 Å². The molecule has 0 fully saturated rings. The van der Waals surface area contributed by atoms with Gasteiger partial charge in [0.15, 0.2) is 0 Å². The Labute approximate surface area is 164 Å². The predicted molar refractivity (Wildman–Crippen MR) is 104 cm³/mol. The van der Waals surface area contributed by atoms with E-state index in [1.165, 1.54) is 25.3 Å². The lowest BCUT2D eigenvalue weighted by atomic mass is 10.0. The Kier molecular flexibility index (Phi) is 6.86. The summed E-state index contributed by atoms with van der Waals surface area (Å²) >= 11 is 6.08. The van der Waals surface area contributed by atoms with Gasteiger partial charge in [-0.2, -0.15) is 0 Å². The number of rotatable bonds is 7. The molecule has 146 valence electrons. The van der Waals surface area contributed by atoms with E-state index in [9.17, 15) is 13.2 Å². The molecule has 1 atom stereocenters. The van der Waals surface area contributed by atoms with Crippen molar-refractivity contribution in [3.63, 3.8) is 0 Å². The molecule has 0 aliphatic carbocycles. The summed E-state index contributed by atoms with van der Waals surface area (Å²) in [6.07, 6.45) is 0.527. The van der Waals surface area contributed by atoms with E-state index in [0.717, 1.165) is 16.9 Å². The SMILES string of the molecule is CCC(NS(=O)(=O)c1cc(C(=O)OC)ccc1Cl)c1ccc(OC)c(C)c1. The molecule has 0 heterocycles. The van der Waals surface area contributed by atoms with Crippen LogP contribution in [0.1, 0.15) is 40.9 Å². The van der Waals surface area contributed by atoms with Gasteiger partial charge in [0.1, 0.15) is 10.6 Å². The molecule has 0 radical (unpaired) electrons. The summed E-state index contributed by atoms with van der Waals surface area (Å²) in [7, 11) is -1.16. The normalized spacial score (nSPS) is 12.5. The van der Waals surface area contributed by atoms with Gasteiger partial charge in [-0.15, -0.1) is 0 Å². The molecule has 0 bridgehead atoms. The van der Waals surface area contributed by atoms with Crippen LogP contribution < -0.4 is 9.46 Å². The number of carbonyl (C=O) groups is 1. The summed E-state index contributed by atoms with van der Waals surface area (Å²) in [6.45, 7) is 3.76. The van der Waals surface area contributed by atoms with Gasteiger partial charge in [-0.1, -0.05) is 30.7 Å². The van der Waals surface area contributed by atoms with Crippen molar-refractivity contribution in [2.45, 2.75) is 31.2 Å². The number of hydrogen-bond donors (Lipinski definition) is 1. The number of ether oxygens (including phenoxy) is 2. The van der Waals surface area contributed by atoms with Crippen LogP contribution in [0.2, 0.25) is 5.02 Å². The number of methoxy groups -OCH3 is 2. The van der Waals surface area contributed by atoms with Crippen LogP contribution in [0.15, 0.2) is 41.3 Å². The Balaban J connectivity index is 2.39. The van der Waals surface area contributed by atoms with Crippen molar-refractivity contribution >= 4 is 27.6 Å². The fourth-order valence-corrected chi connectivity index (χ4v) is 4.54. The van der Waals surface area contributed by atoms with Crippen LogP contribution in [0.25, 0.3) is 0 Å². The fourth-order valence-electron chi connectivity index (χ4n) is 2.71. The second-order valence-corrected chi connectivity index (χ2v) is 8.04. The van der Waals surface area contributed by atoms with Crippen LogP contribution in [0.3, 0.4) is 0 Å². The standard InChI is InChI=1S/C19H22ClNO5S/c1-5-16(13-7-9-17(25-3)12(2)10-13)21-27(23,24)18-11-14(19(22)26-4)6-8-15(18)20/h6-11,16,21H,5H2,1-4H3. The van der Waals surface area contributed by atoms with Crippen LogP contribution >= 0.6 is 11.6 Å². The van der Waals surface area contributed by atoms with Crippen LogP contribution in [-0.4, -0.2) is 28.6 Å². The largest absolute Gasteiger partial charge is 0.496 e. The first-order chi connectivity index (χ1) is 12.7. The molecule has 1 unspecified atom stereocenters. The van der Waals surface area contributed by atoms with E-state index >= 15 is 0 Å². The second-order valence-electron chi connectivity index (χ2n) is 5.95. The number of benzene rings is 2. The highest BCUT2D eigenvalue weighted by molar-refractivity contribution is 7.89. The molecular weight excluding hydrogens is 390 g/mol. The summed E-state index contributed by atoms with van der Waals surface area (Å²) in [4.78, 5) is 11.5. The minimum absolute atomic E-state index is 0.0240. The van der Waals surface area contributed by atoms with E-state index in [4.69, 9.17) is 16.3 Å². The van der Waals surface area contributed by atoms with Gasteiger partial charge in [-0.3, -0.25) is 0 Å². The topological polar surface area (TPSA) is 81.7 Å². The number of nitrogens with one attached hydrogen (secondary N) is 1. The van der Waals surface area contributed by atoms with E-state index in [0.29, 0.717) is 6.42 Å². The second kappa shape index (κ2) is 8.73. The number of hydrogen-bond acceptors (Lipinski definition) is 5. The Bertz CT molecular complexity index is 943. The first-order valence-electron chi connectivity index (χ1n) is 8.28. The molecule has 0 aromatic heterocycles. The van der Waals surface area contributed by atoms with Crippen molar-refractivity contribution in [2.75, 3.05) is 14.2 Å². The van der Waals surface area contributed by atoms with Gasteiger partial charge in [0, 0.05) is 6.04 Å². The maximum absolute atomic E-state index is 12.9. The zero-order chi connectivity index (χ0) is 20.2. The lowest BCUT2D eigenvalue weighted by molar-refractivity contribution is 0.0600. The molecule has 0 aliphatic rings. The third kappa shape index (κ3) is 4.80. The minimum Gasteiger partial charge on any atom is -0.496 e. The van der Waals surface area contributed by atoms with Gasteiger partial charge in [0.25, 0.3) is 0 Å². The van der Waals surface area contributed by atoms with E-state index in [1.807, 2.05) is 26.0 Å². The van der Waals surface area contributed by atoms with Crippen molar-refractivity contribution in [1.29, 1.82) is 0 Å². The molecule has 27 heavy (non-hydrogen) atoms. The molecule has 2 aromatic rings. The van der Waals surface area contributed by atoms with Gasteiger partial charge < -0.3 is 9.47 Å². The van der Waals surface area contributed by atoms with Gasteiger partial charge in [0.05, 0.1) is 24.8 Å². The lowest BCUT2D eigenvalue weighted by Crippen LogP contribution is -2.29. The molecule has 1 N–H and O–H groups in total. The van der Waals surface area contributed by atoms with Crippen molar-refractivity contribution in [1.82, 2.24) is 4.72 Å². The summed E-state index contributed by atoms with van der Waals surface area (Å²) in [5.41, 5.74) is 1.81. The van der Waals surface area contributed by atoms with Gasteiger partial charge >= 0.3 is 5.97 Å². The molecule has 0 saturated heterocycles.